The minimum Gasteiger partial charge on any atom is -0.496 e. The van der Waals surface area contributed by atoms with E-state index in [-0.39, 0.29) is 0 Å². The van der Waals surface area contributed by atoms with E-state index in [0.717, 1.165) is 27.9 Å². The molecule has 0 atom stereocenters. The first-order chi connectivity index (χ1) is 7.19. The first-order valence-corrected chi connectivity index (χ1v) is 4.88. The smallest absolute Gasteiger partial charge is 0.134 e. The van der Waals surface area contributed by atoms with Crippen LogP contribution in [0.4, 0.5) is 0 Å². The quantitative estimate of drug-likeness (QED) is 0.805. The second kappa shape index (κ2) is 3.55. The molecule has 1 heterocycles. The molecule has 4 nitrogen and oxygen atoms in total. The van der Waals surface area contributed by atoms with Crippen molar-refractivity contribution in [1.29, 1.82) is 0 Å². The van der Waals surface area contributed by atoms with Crippen molar-refractivity contribution in [1.82, 2.24) is 9.78 Å². The van der Waals surface area contributed by atoms with Gasteiger partial charge in [-0.3, -0.25) is 4.68 Å². The number of aryl methyl sites for hydroxylation is 2. The minimum atomic E-state index is 0.480. The molecule has 0 fully saturated rings. The maximum atomic E-state index is 5.67. The summed E-state index contributed by atoms with van der Waals surface area (Å²) in [7, 11) is 3.59. The number of hydrogen-bond acceptors (Lipinski definition) is 3. The van der Waals surface area contributed by atoms with Crippen LogP contribution >= 0.6 is 0 Å². The van der Waals surface area contributed by atoms with Crippen LogP contribution in [-0.4, -0.2) is 16.9 Å². The lowest BCUT2D eigenvalue weighted by molar-refractivity contribution is 0.415. The van der Waals surface area contributed by atoms with Gasteiger partial charge in [-0.25, -0.2) is 0 Å². The van der Waals surface area contributed by atoms with Crippen molar-refractivity contribution >= 4 is 10.9 Å². The lowest BCUT2D eigenvalue weighted by Gasteiger charge is -2.08. The predicted molar refractivity (Wildman–Crippen MR) is 59.9 cm³/mol. The van der Waals surface area contributed by atoms with Gasteiger partial charge in [0.15, 0.2) is 0 Å². The van der Waals surface area contributed by atoms with Gasteiger partial charge in [0.1, 0.15) is 5.75 Å². The molecular weight excluding hydrogens is 190 g/mol. The highest BCUT2D eigenvalue weighted by Crippen LogP contribution is 2.31. The topological polar surface area (TPSA) is 53.1 Å². The largest absolute Gasteiger partial charge is 0.496 e. The second-order valence-corrected chi connectivity index (χ2v) is 3.57. The molecule has 1 aromatic heterocycles. The molecule has 0 radical (unpaired) electrons. The molecule has 0 amide bonds. The normalized spacial score (nSPS) is 10.9. The number of nitrogens with two attached hydrogens (primary N) is 1. The Kier molecular flexibility index (Phi) is 2.36. The van der Waals surface area contributed by atoms with E-state index in [1.165, 1.54) is 0 Å². The van der Waals surface area contributed by atoms with E-state index in [0.29, 0.717) is 6.54 Å². The fourth-order valence-corrected chi connectivity index (χ4v) is 1.96. The van der Waals surface area contributed by atoms with E-state index in [4.69, 9.17) is 10.5 Å². The van der Waals surface area contributed by atoms with Crippen LogP contribution in [-0.2, 0) is 13.6 Å². The monoisotopic (exact) mass is 205 g/mol. The fraction of sp³-hybridized carbons (Fsp3) is 0.364. The zero-order valence-electron chi connectivity index (χ0n) is 9.24. The standard InChI is InChI=1S/C11H15N3O/c1-7-10-9(14(2)13-7)5-4-8(6-12)11(10)15-3/h4-5H,6,12H2,1-3H3. The fourth-order valence-electron chi connectivity index (χ4n) is 1.96. The maximum Gasteiger partial charge on any atom is 0.134 e. The lowest BCUT2D eigenvalue weighted by atomic mass is 10.1. The molecule has 0 aliphatic heterocycles. The SMILES string of the molecule is COc1c(CN)ccc2c1c(C)nn2C. The van der Waals surface area contributed by atoms with Crippen molar-refractivity contribution in [2.75, 3.05) is 7.11 Å². The van der Waals surface area contributed by atoms with Gasteiger partial charge in [0.25, 0.3) is 0 Å². The Hall–Kier alpha value is -1.55. The van der Waals surface area contributed by atoms with E-state index in [1.807, 2.05) is 30.8 Å². The first-order valence-electron chi connectivity index (χ1n) is 4.88. The van der Waals surface area contributed by atoms with Gasteiger partial charge in [0.2, 0.25) is 0 Å². The van der Waals surface area contributed by atoms with Crippen LogP contribution < -0.4 is 10.5 Å². The molecule has 0 aliphatic rings. The van der Waals surface area contributed by atoms with Gasteiger partial charge in [-0.15, -0.1) is 0 Å². The summed E-state index contributed by atoms with van der Waals surface area (Å²) in [5.74, 6) is 0.848. The van der Waals surface area contributed by atoms with Gasteiger partial charge >= 0.3 is 0 Å². The molecule has 2 N–H and O–H groups in total. The summed E-state index contributed by atoms with van der Waals surface area (Å²) < 4.78 is 7.26. The Labute approximate surface area is 88.6 Å². The molecule has 0 saturated heterocycles. The number of rotatable bonds is 2. The molecule has 0 bridgehead atoms. The zero-order chi connectivity index (χ0) is 11.0. The lowest BCUT2D eigenvalue weighted by Crippen LogP contribution is -2.00. The van der Waals surface area contributed by atoms with Crippen LogP contribution in [0.3, 0.4) is 0 Å². The van der Waals surface area contributed by atoms with Crippen molar-refractivity contribution in [3.8, 4) is 5.75 Å². The average molecular weight is 205 g/mol. The molecule has 15 heavy (non-hydrogen) atoms. The Bertz CT molecular complexity index is 502. The van der Waals surface area contributed by atoms with Gasteiger partial charge in [-0.2, -0.15) is 5.10 Å². The zero-order valence-corrected chi connectivity index (χ0v) is 9.24. The molecular formula is C11H15N3O. The Morgan fingerprint density at radius 3 is 2.80 bits per heavy atom. The number of methoxy groups -OCH3 is 1. The van der Waals surface area contributed by atoms with Crippen molar-refractivity contribution in [3.05, 3.63) is 23.4 Å². The summed E-state index contributed by atoms with van der Waals surface area (Å²) in [6.45, 7) is 2.46. The molecule has 2 rings (SSSR count). The van der Waals surface area contributed by atoms with Crippen LogP contribution in [0.25, 0.3) is 10.9 Å². The summed E-state index contributed by atoms with van der Waals surface area (Å²) >= 11 is 0. The molecule has 4 heteroatoms. The molecule has 0 saturated carbocycles. The van der Waals surface area contributed by atoms with Gasteiger partial charge < -0.3 is 10.5 Å². The Morgan fingerprint density at radius 1 is 1.47 bits per heavy atom. The highest BCUT2D eigenvalue weighted by molar-refractivity contribution is 5.89. The summed E-state index contributed by atoms with van der Waals surface area (Å²) in [4.78, 5) is 0. The third-order valence-corrected chi connectivity index (χ3v) is 2.65. The number of aromatic nitrogens is 2. The van der Waals surface area contributed by atoms with E-state index < -0.39 is 0 Å². The molecule has 0 spiro atoms. The molecule has 0 aliphatic carbocycles. The van der Waals surface area contributed by atoms with Crippen LogP contribution in [0.5, 0.6) is 5.75 Å². The molecule has 2 aromatic rings. The van der Waals surface area contributed by atoms with Crippen molar-refractivity contribution in [2.24, 2.45) is 12.8 Å². The highest BCUT2D eigenvalue weighted by Gasteiger charge is 2.13. The minimum absolute atomic E-state index is 0.480. The predicted octanol–water partition coefficient (Wildman–Crippen LogP) is 1.35. The third-order valence-electron chi connectivity index (χ3n) is 2.65. The van der Waals surface area contributed by atoms with Crippen molar-refractivity contribution in [3.63, 3.8) is 0 Å². The molecule has 80 valence electrons. The van der Waals surface area contributed by atoms with E-state index >= 15 is 0 Å². The third kappa shape index (κ3) is 1.37. The van der Waals surface area contributed by atoms with E-state index in [2.05, 4.69) is 5.10 Å². The number of fused-ring (bicyclic) bond motifs is 1. The maximum absolute atomic E-state index is 5.67. The Balaban J connectivity index is 2.86. The number of benzene rings is 1. The number of ether oxygens (including phenoxy) is 1. The summed E-state index contributed by atoms with van der Waals surface area (Å²) in [6.07, 6.45) is 0. The van der Waals surface area contributed by atoms with E-state index in [9.17, 15) is 0 Å². The molecule has 0 unspecified atom stereocenters. The van der Waals surface area contributed by atoms with Gasteiger partial charge in [0.05, 0.1) is 23.7 Å². The first kappa shape index (κ1) is 9.98. The summed E-state index contributed by atoms with van der Waals surface area (Å²) in [6, 6.07) is 4.02. The van der Waals surface area contributed by atoms with Crippen molar-refractivity contribution < 1.29 is 4.74 Å². The Morgan fingerprint density at radius 2 is 2.20 bits per heavy atom. The molecule has 1 aromatic carbocycles. The highest BCUT2D eigenvalue weighted by atomic mass is 16.5. The summed E-state index contributed by atoms with van der Waals surface area (Å²) in [5, 5.41) is 5.43. The van der Waals surface area contributed by atoms with Crippen LogP contribution in [0.1, 0.15) is 11.3 Å². The van der Waals surface area contributed by atoms with E-state index in [1.54, 1.807) is 7.11 Å². The average Bonchev–Trinajstić information content (AvgIpc) is 2.53. The summed E-state index contributed by atoms with van der Waals surface area (Å²) in [5.41, 5.74) is 8.72. The van der Waals surface area contributed by atoms with Crippen LogP contribution in [0.15, 0.2) is 12.1 Å². The number of hydrogen-bond donors (Lipinski definition) is 1. The van der Waals surface area contributed by atoms with Crippen LogP contribution in [0.2, 0.25) is 0 Å². The van der Waals surface area contributed by atoms with Gasteiger partial charge in [-0.1, -0.05) is 6.07 Å². The second-order valence-electron chi connectivity index (χ2n) is 3.57. The van der Waals surface area contributed by atoms with Gasteiger partial charge in [-0.05, 0) is 13.0 Å². The van der Waals surface area contributed by atoms with Crippen LogP contribution in [0, 0.1) is 6.92 Å². The van der Waals surface area contributed by atoms with Crippen molar-refractivity contribution in [2.45, 2.75) is 13.5 Å². The number of nitrogens with zero attached hydrogens (tertiary/aromatic N) is 2. The van der Waals surface area contributed by atoms with Gasteiger partial charge in [0, 0.05) is 19.2 Å².